The summed E-state index contributed by atoms with van der Waals surface area (Å²) in [6.45, 7) is 3.74. The molecule has 1 fully saturated rings. The average Bonchev–Trinajstić information content (AvgIpc) is 2.47. The van der Waals surface area contributed by atoms with Crippen LogP contribution in [0.4, 0.5) is 0 Å². The van der Waals surface area contributed by atoms with Crippen LogP contribution in [0.5, 0.6) is 11.5 Å². The lowest BCUT2D eigenvalue weighted by molar-refractivity contribution is 0.0730. The normalized spacial score (nSPS) is 19.8. The molecule has 1 aromatic rings. The highest BCUT2D eigenvalue weighted by atomic mass is 16.5. The molecule has 0 amide bonds. The van der Waals surface area contributed by atoms with Gasteiger partial charge in [0.05, 0.1) is 20.3 Å². The van der Waals surface area contributed by atoms with Gasteiger partial charge < -0.3 is 19.9 Å². The van der Waals surface area contributed by atoms with E-state index in [1.807, 2.05) is 25.1 Å². The topological polar surface area (TPSA) is 50.7 Å². The molecule has 2 N–H and O–H groups in total. The number of hydrogen-bond acceptors (Lipinski definition) is 4. The molecule has 1 unspecified atom stereocenters. The van der Waals surface area contributed by atoms with E-state index in [1.54, 1.807) is 14.2 Å². The molecule has 4 heteroatoms. The van der Waals surface area contributed by atoms with Crippen LogP contribution in [-0.4, -0.2) is 38.5 Å². The fourth-order valence-corrected chi connectivity index (χ4v) is 2.97. The summed E-state index contributed by atoms with van der Waals surface area (Å²) in [7, 11) is 3.27. The van der Waals surface area contributed by atoms with E-state index >= 15 is 0 Å². The zero-order valence-corrected chi connectivity index (χ0v) is 11.9. The molecule has 0 radical (unpaired) electrons. The van der Waals surface area contributed by atoms with Crippen molar-refractivity contribution < 1.29 is 14.6 Å². The second kappa shape index (κ2) is 5.80. The first-order valence-corrected chi connectivity index (χ1v) is 6.75. The largest absolute Gasteiger partial charge is 0.493 e. The average molecular weight is 265 g/mol. The minimum Gasteiger partial charge on any atom is -0.493 e. The Morgan fingerprint density at radius 2 is 1.79 bits per heavy atom. The Balaban J connectivity index is 2.42. The number of rotatable bonds is 4. The molecule has 0 saturated carbocycles. The molecular weight excluding hydrogens is 242 g/mol. The first-order valence-electron chi connectivity index (χ1n) is 6.75. The lowest BCUT2D eigenvalue weighted by atomic mass is 9.69. The predicted molar refractivity (Wildman–Crippen MR) is 75.0 cm³/mol. The van der Waals surface area contributed by atoms with Gasteiger partial charge >= 0.3 is 0 Å². The summed E-state index contributed by atoms with van der Waals surface area (Å²) in [6, 6.07) is 5.95. The van der Waals surface area contributed by atoms with Gasteiger partial charge in [0.1, 0.15) is 0 Å². The Hall–Kier alpha value is -1.26. The Bertz CT molecular complexity index is 425. The summed E-state index contributed by atoms with van der Waals surface area (Å²) in [6.07, 6.45) is 1.48. The Kier molecular flexibility index (Phi) is 4.32. The van der Waals surface area contributed by atoms with Crippen molar-refractivity contribution in [3.8, 4) is 11.5 Å². The lowest BCUT2D eigenvalue weighted by Gasteiger charge is -2.41. The molecule has 1 saturated heterocycles. The Morgan fingerprint density at radius 3 is 2.32 bits per heavy atom. The van der Waals surface area contributed by atoms with Crippen molar-refractivity contribution in [1.82, 2.24) is 5.32 Å². The van der Waals surface area contributed by atoms with Crippen molar-refractivity contribution in [3.63, 3.8) is 0 Å². The molecule has 1 heterocycles. The first kappa shape index (κ1) is 14.2. The molecule has 19 heavy (non-hydrogen) atoms. The van der Waals surface area contributed by atoms with E-state index in [0.29, 0.717) is 0 Å². The molecule has 1 aromatic carbocycles. The van der Waals surface area contributed by atoms with Gasteiger partial charge in [0.15, 0.2) is 11.5 Å². The third-order valence-electron chi connectivity index (χ3n) is 4.25. The van der Waals surface area contributed by atoms with Crippen molar-refractivity contribution in [2.45, 2.75) is 31.3 Å². The molecular formula is C15H23NO3. The van der Waals surface area contributed by atoms with E-state index in [2.05, 4.69) is 5.32 Å². The summed E-state index contributed by atoms with van der Waals surface area (Å²) < 4.78 is 10.6. The number of methoxy groups -OCH3 is 2. The van der Waals surface area contributed by atoms with Crippen LogP contribution in [0.1, 0.15) is 25.3 Å². The number of aliphatic hydroxyl groups excluding tert-OH is 1. The summed E-state index contributed by atoms with van der Waals surface area (Å²) in [5.41, 5.74) is 0.937. The maximum Gasteiger partial charge on any atom is 0.161 e. The summed E-state index contributed by atoms with van der Waals surface area (Å²) >= 11 is 0. The maximum atomic E-state index is 10.3. The first-order chi connectivity index (χ1) is 9.14. The van der Waals surface area contributed by atoms with Gasteiger partial charge in [-0.25, -0.2) is 0 Å². The fourth-order valence-electron chi connectivity index (χ4n) is 2.97. The van der Waals surface area contributed by atoms with Crippen LogP contribution in [0.2, 0.25) is 0 Å². The third kappa shape index (κ3) is 2.55. The van der Waals surface area contributed by atoms with Crippen LogP contribution in [0.25, 0.3) is 0 Å². The Morgan fingerprint density at radius 1 is 1.16 bits per heavy atom. The maximum absolute atomic E-state index is 10.3. The number of piperidine rings is 1. The summed E-state index contributed by atoms with van der Waals surface area (Å²) in [5.74, 6) is 1.44. The number of ether oxygens (including phenoxy) is 2. The van der Waals surface area contributed by atoms with Gasteiger partial charge in [-0.05, 0) is 50.6 Å². The van der Waals surface area contributed by atoms with Gasteiger partial charge in [0.25, 0.3) is 0 Å². The zero-order valence-electron chi connectivity index (χ0n) is 11.9. The number of hydrogen-bond donors (Lipinski definition) is 2. The van der Waals surface area contributed by atoms with Crippen LogP contribution in [0, 0.1) is 0 Å². The zero-order chi connectivity index (χ0) is 13.9. The highest BCUT2D eigenvalue weighted by Crippen LogP contribution is 2.40. The smallest absolute Gasteiger partial charge is 0.161 e. The SMILES string of the molecule is COc1ccc(C2(C(C)O)CCNCC2)cc1OC. The molecule has 106 valence electrons. The van der Waals surface area contributed by atoms with Gasteiger partial charge in [-0.1, -0.05) is 6.07 Å². The molecule has 1 atom stereocenters. The molecule has 1 aliphatic heterocycles. The number of benzene rings is 1. The van der Waals surface area contributed by atoms with Crippen LogP contribution < -0.4 is 14.8 Å². The minimum absolute atomic E-state index is 0.190. The summed E-state index contributed by atoms with van der Waals surface area (Å²) in [5, 5.41) is 13.6. The lowest BCUT2D eigenvalue weighted by Crippen LogP contribution is -2.46. The monoisotopic (exact) mass is 265 g/mol. The van der Waals surface area contributed by atoms with Gasteiger partial charge in [0, 0.05) is 5.41 Å². The molecule has 1 aliphatic rings. The molecule has 0 spiro atoms. The van der Waals surface area contributed by atoms with Gasteiger partial charge in [-0.2, -0.15) is 0 Å². The number of aliphatic hydroxyl groups is 1. The van der Waals surface area contributed by atoms with E-state index in [-0.39, 0.29) is 11.5 Å². The second-order valence-electron chi connectivity index (χ2n) is 5.15. The minimum atomic E-state index is -0.382. The highest BCUT2D eigenvalue weighted by molar-refractivity contribution is 5.45. The van der Waals surface area contributed by atoms with Crippen molar-refractivity contribution in [1.29, 1.82) is 0 Å². The third-order valence-corrected chi connectivity index (χ3v) is 4.25. The van der Waals surface area contributed by atoms with Crippen molar-refractivity contribution in [2.75, 3.05) is 27.3 Å². The van der Waals surface area contributed by atoms with Gasteiger partial charge in [-0.15, -0.1) is 0 Å². The van der Waals surface area contributed by atoms with Crippen LogP contribution in [-0.2, 0) is 5.41 Å². The van der Waals surface area contributed by atoms with Crippen molar-refractivity contribution in [3.05, 3.63) is 23.8 Å². The van der Waals surface area contributed by atoms with Crippen molar-refractivity contribution >= 4 is 0 Å². The van der Waals surface area contributed by atoms with E-state index in [4.69, 9.17) is 9.47 Å². The Labute approximate surface area is 114 Å². The molecule has 0 bridgehead atoms. The second-order valence-corrected chi connectivity index (χ2v) is 5.15. The molecule has 4 nitrogen and oxygen atoms in total. The fraction of sp³-hybridized carbons (Fsp3) is 0.600. The van der Waals surface area contributed by atoms with Crippen molar-refractivity contribution in [2.24, 2.45) is 0 Å². The molecule has 0 aromatic heterocycles. The van der Waals surface area contributed by atoms with E-state index < -0.39 is 0 Å². The quantitative estimate of drug-likeness (QED) is 0.870. The van der Waals surface area contributed by atoms with E-state index in [0.717, 1.165) is 43.0 Å². The van der Waals surface area contributed by atoms with E-state index in [9.17, 15) is 5.11 Å². The van der Waals surface area contributed by atoms with Crippen LogP contribution >= 0.6 is 0 Å². The van der Waals surface area contributed by atoms with Crippen LogP contribution in [0.15, 0.2) is 18.2 Å². The molecule has 0 aliphatic carbocycles. The van der Waals surface area contributed by atoms with E-state index in [1.165, 1.54) is 0 Å². The molecule has 2 rings (SSSR count). The number of nitrogens with one attached hydrogen (secondary N) is 1. The van der Waals surface area contributed by atoms with Crippen LogP contribution in [0.3, 0.4) is 0 Å². The van der Waals surface area contributed by atoms with Gasteiger partial charge in [-0.3, -0.25) is 0 Å². The summed E-state index contributed by atoms with van der Waals surface area (Å²) in [4.78, 5) is 0. The highest BCUT2D eigenvalue weighted by Gasteiger charge is 2.38. The van der Waals surface area contributed by atoms with Gasteiger partial charge in [0.2, 0.25) is 0 Å². The standard InChI is InChI=1S/C15H23NO3/c1-11(17)15(6-8-16-9-7-15)12-4-5-13(18-2)14(10-12)19-3/h4-5,10-11,16-17H,6-9H2,1-3H3. The predicted octanol–water partition coefficient (Wildman–Crippen LogP) is 1.71.